The molecule has 1 fully saturated rings. The van der Waals surface area contributed by atoms with Crippen molar-refractivity contribution < 1.29 is 19.1 Å². The number of nitrogens with one attached hydrogen (secondary N) is 3. The van der Waals surface area contributed by atoms with Gasteiger partial charge in [0.05, 0.1) is 33.2 Å². The Morgan fingerprint density at radius 1 is 1.36 bits per heavy atom. The van der Waals surface area contributed by atoms with Crippen LogP contribution < -0.4 is 20.1 Å². The molecule has 28 heavy (non-hydrogen) atoms. The Hall–Kier alpha value is -3.07. The minimum atomic E-state index is -0.544. The van der Waals surface area contributed by atoms with E-state index in [2.05, 4.69) is 20.6 Å². The average Bonchev–Trinajstić information content (AvgIpc) is 3.23. The van der Waals surface area contributed by atoms with Gasteiger partial charge in [0.2, 0.25) is 11.8 Å². The van der Waals surface area contributed by atoms with E-state index in [0.29, 0.717) is 43.5 Å². The minimum Gasteiger partial charge on any atom is -0.497 e. The van der Waals surface area contributed by atoms with Crippen LogP contribution in [0.3, 0.4) is 0 Å². The molecule has 3 N–H and O–H groups in total. The summed E-state index contributed by atoms with van der Waals surface area (Å²) >= 11 is 0. The standard InChI is InChI=1S/C19H25N5O4/c1-27-14-4-3-13(16(9-14)28-2)12-24-8-7-22-19(26)15(24)10-18(25)23-11-17-20-5-6-21-17/h3-6,9,15H,7-8,10-12H2,1-2H3,(H,20,21)(H,22,26)(H,23,25). The van der Waals surface area contributed by atoms with E-state index >= 15 is 0 Å². The summed E-state index contributed by atoms with van der Waals surface area (Å²) in [6.45, 7) is 1.99. The SMILES string of the molecule is COc1ccc(CN2CCNC(=O)C2CC(=O)NCc2ncc[nH]2)c(OC)c1. The first-order valence-electron chi connectivity index (χ1n) is 9.08. The monoisotopic (exact) mass is 387 g/mol. The highest BCUT2D eigenvalue weighted by Gasteiger charge is 2.32. The summed E-state index contributed by atoms with van der Waals surface area (Å²) in [5, 5.41) is 5.63. The third-order valence-electron chi connectivity index (χ3n) is 4.70. The third kappa shape index (κ3) is 4.80. The molecule has 1 atom stereocenters. The number of carbonyl (C=O) groups excluding carboxylic acids is 2. The molecule has 0 radical (unpaired) electrons. The van der Waals surface area contributed by atoms with Crippen molar-refractivity contribution in [2.24, 2.45) is 0 Å². The number of ether oxygens (including phenoxy) is 2. The van der Waals surface area contributed by atoms with Gasteiger partial charge in [0.15, 0.2) is 0 Å². The predicted molar refractivity (Wildman–Crippen MR) is 102 cm³/mol. The molecule has 2 amide bonds. The average molecular weight is 387 g/mol. The number of hydrogen-bond donors (Lipinski definition) is 3. The highest BCUT2D eigenvalue weighted by Crippen LogP contribution is 2.27. The fourth-order valence-electron chi connectivity index (χ4n) is 3.20. The van der Waals surface area contributed by atoms with Crippen LogP contribution in [0.25, 0.3) is 0 Å². The zero-order valence-electron chi connectivity index (χ0n) is 16.0. The lowest BCUT2D eigenvalue weighted by Crippen LogP contribution is -2.56. The van der Waals surface area contributed by atoms with Crippen LogP contribution in [0, 0.1) is 0 Å². The highest BCUT2D eigenvalue weighted by atomic mass is 16.5. The Morgan fingerprint density at radius 3 is 2.93 bits per heavy atom. The Bertz CT molecular complexity index is 809. The van der Waals surface area contributed by atoms with E-state index in [1.807, 2.05) is 23.1 Å². The van der Waals surface area contributed by atoms with Gasteiger partial charge in [0.1, 0.15) is 17.3 Å². The van der Waals surface area contributed by atoms with Gasteiger partial charge in [0.25, 0.3) is 0 Å². The molecule has 3 rings (SSSR count). The Balaban J connectivity index is 1.66. The molecule has 9 heteroatoms. The number of carbonyl (C=O) groups is 2. The maximum atomic E-state index is 12.4. The highest BCUT2D eigenvalue weighted by molar-refractivity contribution is 5.88. The van der Waals surface area contributed by atoms with E-state index in [1.165, 1.54) is 0 Å². The quantitative estimate of drug-likeness (QED) is 0.606. The van der Waals surface area contributed by atoms with Crippen LogP contribution in [-0.4, -0.2) is 60.0 Å². The van der Waals surface area contributed by atoms with Crippen molar-refractivity contribution in [3.05, 3.63) is 42.0 Å². The predicted octanol–water partition coefficient (Wildman–Crippen LogP) is 0.434. The van der Waals surface area contributed by atoms with Crippen LogP contribution in [0.2, 0.25) is 0 Å². The molecule has 0 saturated carbocycles. The smallest absolute Gasteiger partial charge is 0.237 e. The van der Waals surface area contributed by atoms with Gasteiger partial charge < -0.3 is 25.1 Å². The fourth-order valence-corrected chi connectivity index (χ4v) is 3.20. The number of benzene rings is 1. The molecule has 1 aliphatic heterocycles. The van der Waals surface area contributed by atoms with Crippen LogP contribution >= 0.6 is 0 Å². The van der Waals surface area contributed by atoms with E-state index in [4.69, 9.17) is 9.47 Å². The number of methoxy groups -OCH3 is 2. The summed E-state index contributed by atoms with van der Waals surface area (Å²) in [6.07, 6.45) is 3.39. The Labute approximate surface area is 163 Å². The molecule has 2 aromatic rings. The number of nitrogens with zero attached hydrogens (tertiary/aromatic N) is 2. The van der Waals surface area contributed by atoms with E-state index < -0.39 is 6.04 Å². The normalized spacial score (nSPS) is 17.1. The summed E-state index contributed by atoms with van der Waals surface area (Å²) in [6, 6.07) is 5.03. The molecule has 1 aromatic heterocycles. The zero-order valence-corrected chi connectivity index (χ0v) is 16.0. The minimum absolute atomic E-state index is 0.0744. The molecular weight excluding hydrogens is 362 g/mol. The van der Waals surface area contributed by atoms with Crippen LogP contribution in [0.15, 0.2) is 30.6 Å². The van der Waals surface area contributed by atoms with E-state index in [9.17, 15) is 9.59 Å². The van der Waals surface area contributed by atoms with Gasteiger partial charge in [-0.25, -0.2) is 4.98 Å². The van der Waals surface area contributed by atoms with Gasteiger partial charge in [-0.1, -0.05) is 6.07 Å². The number of piperazine rings is 1. The Kier molecular flexibility index (Phi) is 6.49. The van der Waals surface area contributed by atoms with Gasteiger partial charge in [0, 0.05) is 43.7 Å². The maximum absolute atomic E-state index is 12.4. The summed E-state index contributed by atoms with van der Waals surface area (Å²) in [4.78, 5) is 33.8. The number of rotatable bonds is 8. The number of hydrogen-bond acceptors (Lipinski definition) is 6. The van der Waals surface area contributed by atoms with Gasteiger partial charge in [-0.3, -0.25) is 14.5 Å². The van der Waals surface area contributed by atoms with Crippen molar-refractivity contribution in [2.45, 2.75) is 25.6 Å². The molecule has 0 aliphatic carbocycles. The summed E-state index contributed by atoms with van der Waals surface area (Å²) < 4.78 is 10.7. The zero-order chi connectivity index (χ0) is 19.9. The van der Waals surface area contributed by atoms with Crippen LogP contribution in [0.1, 0.15) is 17.8 Å². The number of H-pyrrole nitrogens is 1. The number of aromatic nitrogens is 2. The molecule has 2 heterocycles. The number of imidazole rings is 1. The van der Waals surface area contributed by atoms with Crippen molar-refractivity contribution in [1.82, 2.24) is 25.5 Å². The van der Waals surface area contributed by atoms with Crippen LogP contribution in [0.5, 0.6) is 11.5 Å². The second-order valence-electron chi connectivity index (χ2n) is 6.47. The van der Waals surface area contributed by atoms with Crippen LogP contribution in [-0.2, 0) is 22.7 Å². The van der Waals surface area contributed by atoms with E-state index in [1.54, 1.807) is 26.6 Å². The lowest BCUT2D eigenvalue weighted by molar-refractivity contribution is -0.134. The topological polar surface area (TPSA) is 109 Å². The number of amides is 2. The second-order valence-corrected chi connectivity index (χ2v) is 6.47. The van der Waals surface area contributed by atoms with Crippen molar-refractivity contribution in [1.29, 1.82) is 0 Å². The first-order valence-corrected chi connectivity index (χ1v) is 9.08. The molecule has 9 nitrogen and oxygen atoms in total. The van der Waals surface area contributed by atoms with Crippen LogP contribution in [0.4, 0.5) is 0 Å². The van der Waals surface area contributed by atoms with E-state index in [-0.39, 0.29) is 18.2 Å². The number of aromatic amines is 1. The maximum Gasteiger partial charge on any atom is 0.237 e. The third-order valence-corrected chi connectivity index (χ3v) is 4.70. The summed E-state index contributed by atoms with van der Waals surface area (Å²) in [5.41, 5.74) is 0.930. The van der Waals surface area contributed by atoms with Gasteiger partial charge >= 0.3 is 0 Å². The molecular formula is C19H25N5O4. The van der Waals surface area contributed by atoms with Crippen molar-refractivity contribution in [3.63, 3.8) is 0 Å². The molecule has 1 aromatic carbocycles. The van der Waals surface area contributed by atoms with Gasteiger partial charge in [-0.05, 0) is 6.07 Å². The molecule has 150 valence electrons. The molecule has 1 unspecified atom stereocenters. The summed E-state index contributed by atoms with van der Waals surface area (Å²) in [7, 11) is 3.20. The van der Waals surface area contributed by atoms with E-state index in [0.717, 1.165) is 5.56 Å². The molecule has 1 saturated heterocycles. The van der Waals surface area contributed by atoms with Gasteiger partial charge in [-0.15, -0.1) is 0 Å². The molecule has 0 bridgehead atoms. The lowest BCUT2D eigenvalue weighted by atomic mass is 10.1. The first kappa shape index (κ1) is 19.7. The fraction of sp³-hybridized carbons (Fsp3) is 0.421. The van der Waals surface area contributed by atoms with Gasteiger partial charge in [-0.2, -0.15) is 0 Å². The second kappa shape index (κ2) is 9.23. The van der Waals surface area contributed by atoms with Crippen molar-refractivity contribution in [3.8, 4) is 11.5 Å². The first-order chi connectivity index (χ1) is 13.6. The Morgan fingerprint density at radius 2 is 2.21 bits per heavy atom. The summed E-state index contributed by atoms with van der Waals surface area (Å²) in [5.74, 6) is 1.70. The molecule has 0 spiro atoms. The largest absolute Gasteiger partial charge is 0.497 e. The lowest BCUT2D eigenvalue weighted by Gasteiger charge is -2.35. The molecule has 1 aliphatic rings. The van der Waals surface area contributed by atoms with Crippen molar-refractivity contribution >= 4 is 11.8 Å². The van der Waals surface area contributed by atoms with Crippen molar-refractivity contribution in [2.75, 3.05) is 27.3 Å².